The lowest BCUT2D eigenvalue weighted by Gasteiger charge is -2.36. The Morgan fingerprint density at radius 1 is 1.00 bits per heavy atom. The van der Waals surface area contributed by atoms with Crippen molar-refractivity contribution in [1.29, 1.82) is 5.26 Å². The molecule has 49 heavy (non-hydrogen) atoms. The molecule has 1 amide bonds. The minimum Gasteiger partial charge on any atom is -0.508 e. The third-order valence-electron chi connectivity index (χ3n) is 9.09. The van der Waals surface area contributed by atoms with E-state index in [-0.39, 0.29) is 11.5 Å². The van der Waals surface area contributed by atoms with E-state index in [9.17, 15) is 19.8 Å². The van der Waals surface area contributed by atoms with Gasteiger partial charge >= 0.3 is 12.1 Å². The van der Waals surface area contributed by atoms with Gasteiger partial charge in [-0.15, -0.1) is 11.8 Å². The van der Waals surface area contributed by atoms with Crippen LogP contribution in [0, 0.1) is 40.8 Å². The van der Waals surface area contributed by atoms with Crippen molar-refractivity contribution in [2.45, 2.75) is 38.1 Å². The summed E-state index contributed by atoms with van der Waals surface area (Å²) in [6, 6.07) is 14.5. The van der Waals surface area contributed by atoms with Crippen molar-refractivity contribution in [3.63, 3.8) is 0 Å². The van der Waals surface area contributed by atoms with Crippen molar-refractivity contribution < 1.29 is 34.0 Å². The number of nitriles is 1. The van der Waals surface area contributed by atoms with Crippen molar-refractivity contribution in [3.8, 4) is 40.8 Å². The Hall–Kier alpha value is -5.40. The van der Waals surface area contributed by atoms with Gasteiger partial charge in [-0.3, -0.25) is 0 Å². The number of alkyl carbamates (subject to hydrolysis) is 1. The number of thiocarbonyl (C=S) groups is 1. The van der Waals surface area contributed by atoms with Gasteiger partial charge in [-0.1, -0.05) is 12.9 Å². The summed E-state index contributed by atoms with van der Waals surface area (Å²) < 4.78 is 17.6. The average Bonchev–Trinajstić information content (AvgIpc) is 3.63. The van der Waals surface area contributed by atoms with Crippen LogP contribution in [0.2, 0.25) is 6.82 Å². The zero-order valence-electron chi connectivity index (χ0n) is 26.7. The summed E-state index contributed by atoms with van der Waals surface area (Å²) in [4.78, 5) is 25.5. The lowest BCUT2D eigenvalue weighted by Crippen LogP contribution is -2.37. The number of phenolic OH excluding ortho intramolecular Hbond substituents is 2. The maximum atomic E-state index is 13.3. The van der Waals surface area contributed by atoms with Crippen LogP contribution in [0.3, 0.4) is 0 Å². The van der Waals surface area contributed by atoms with Gasteiger partial charge in [0.25, 0.3) is 7.28 Å². The van der Waals surface area contributed by atoms with E-state index in [0.29, 0.717) is 82.0 Å². The van der Waals surface area contributed by atoms with Gasteiger partial charge in [0.1, 0.15) is 23.0 Å². The predicted molar refractivity (Wildman–Crippen MR) is 186 cm³/mol. The number of aromatic hydroxyl groups is 2. The molecule has 4 aliphatic rings. The van der Waals surface area contributed by atoms with E-state index < -0.39 is 17.7 Å². The molecule has 2 aliphatic heterocycles. The number of fused-ring (bicyclic) bond motifs is 7. The number of carbonyl (C=O) groups is 2. The molecule has 0 aromatic heterocycles. The Morgan fingerprint density at radius 3 is 2.20 bits per heavy atom. The number of nitrogens with one attached hydrogen (secondary N) is 3. The Bertz CT molecular complexity index is 1830. The van der Waals surface area contributed by atoms with Crippen molar-refractivity contribution in [2.75, 3.05) is 25.0 Å². The number of hydrogen-bond donors (Lipinski definition) is 5. The van der Waals surface area contributed by atoms with Gasteiger partial charge < -0.3 is 40.4 Å². The molecule has 2 heterocycles. The second-order valence-electron chi connectivity index (χ2n) is 12.0. The first-order valence-corrected chi connectivity index (χ1v) is 16.5. The monoisotopic (exact) mass is 677 g/mol. The molecule has 5 N–H and O–H groups in total. The van der Waals surface area contributed by atoms with Crippen LogP contribution in [0.5, 0.6) is 23.0 Å². The fourth-order valence-electron chi connectivity index (χ4n) is 6.80. The van der Waals surface area contributed by atoms with Crippen LogP contribution in [-0.4, -0.2) is 54.4 Å². The largest absolute Gasteiger partial charge is 0.508 e. The fraction of sp³-hybridized carbons (Fsp3) is 0.333. The second kappa shape index (κ2) is 14.4. The zero-order chi connectivity index (χ0) is 34.5. The number of benzene rings is 3. The minimum atomic E-state index is -1.33. The van der Waals surface area contributed by atoms with Crippen molar-refractivity contribution >= 4 is 42.4 Å². The van der Waals surface area contributed by atoms with Crippen molar-refractivity contribution in [2.24, 2.45) is 17.8 Å². The highest BCUT2D eigenvalue weighted by Crippen LogP contribution is 2.57. The van der Waals surface area contributed by atoms with Crippen LogP contribution in [0.4, 0.5) is 10.5 Å². The highest BCUT2D eigenvalue weighted by Gasteiger charge is 2.54. The van der Waals surface area contributed by atoms with Gasteiger partial charge in [0.2, 0.25) is 0 Å². The number of phenols is 2. The lowest BCUT2D eigenvalue weighted by molar-refractivity contribution is 0.0224. The Labute approximate surface area is 290 Å². The van der Waals surface area contributed by atoms with E-state index >= 15 is 0 Å². The zero-order valence-corrected chi connectivity index (χ0v) is 27.6. The summed E-state index contributed by atoms with van der Waals surface area (Å²) in [6.45, 7) is 2.82. The number of amides is 1. The summed E-state index contributed by atoms with van der Waals surface area (Å²) >= 11 is 5.44. The van der Waals surface area contributed by atoms with Crippen molar-refractivity contribution in [1.82, 2.24) is 10.6 Å². The predicted octanol–water partition coefficient (Wildman–Crippen LogP) is 5.34. The van der Waals surface area contributed by atoms with E-state index in [4.69, 9.17) is 31.7 Å². The SMILES string of the molecule is C[B]C#N.O=C(NCCNC(=S)Nc1ccc2c(c1)C(=O)OC21c2ccc(O)cc2Oc2cc(O)ccc21)OCC1[C@H]2CCC#CCC[C@@H]12. The van der Waals surface area contributed by atoms with Crippen LogP contribution < -0.4 is 20.7 Å². The highest BCUT2D eigenvalue weighted by molar-refractivity contribution is 7.80. The van der Waals surface area contributed by atoms with Gasteiger partial charge in [0.15, 0.2) is 10.7 Å². The molecule has 0 saturated heterocycles. The number of rotatable bonds is 6. The summed E-state index contributed by atoms with van der Waals surface area (Å²) in [7, 11) is 1.43. The molecule has 1 saturated carbocycles. The summed E-state index contributed by atoms with van der Waals surface area (Å²) in [5.41, 5.74) is 1.25. The number of hydrogen-bond acceptors (Lipinski definition) is 9. The number of esters is 1. The molecule has 0 bridgehead atoms. The number of anilines is 1. The maximum Gasteiger partial charge on any atom is 0.407 e. The molecular weight excluding hydrogens is 643 g/mol. The molecule has 11 nitrogen and oxygen atoms in total. The van der Waals surface area contributed by atoms with Crippen LogP contribution in [0.15, 0.2) is 54.6 Å². The van der Waals surface area contributed by atoms with E-state index in [1.54, 1.807) is 43.1 Å². The average molecular weight is 678 g/mol. The van der Waals surface area contributed by atoms with Crippen LogP contribution >= 0.6 is 12.2 Å². The van der Waals surface area contributed by atoms with E-state index in [0.717, 1.165) is 25.7 Å². The summed E-state index contributed by atoms with van der Waals surface area (Å²) in [5, 5.41) is 37.0. The topological polar surface area (TPSA) is 162 Å². The molecule has 2 aliphatic carbocycles. The number of ether oxygens (including phenoxy) is 3. The molecule has 249 valence electrons. The molecule has 1 radical (unpaired) electrons. The van der Waals surface area contributed by atoms with Gasteiger partial charge in [0, 0.05) is 60.4 Å². The smallest absolute Gasteiger partial charge is 0.407 e. The number of nitrogens with zero attached hydrogens (tertiary/aromatic N) is 1. The molecule has 3 atom stereocenters. The van der Waals surface area contributed by atoms with Crippen LogP contribution in [-0.2, 0) is 15.1 Å². The Morgan fingerprint density at radius 2 is 1.59 bits per heavy atom. The Balaban J connectivity index is 0.000000989. The molecule has 1 unspecified atom stereocenters. The lowest BCUT2D eigenvalue weighted by atomic mass is 9.77. The normalized spacial score (nSPS) is 19.7. The molecule has 1 spiro atoms. The van der Waals surface area contributed by atoms with E-state index in [2.05, 4.69) is 27.8 Å². The molecular formula is C36H34BN4O7S. The van der Waals surface area contributed by atoms with Gasteiger partial charge in [-0.05, 0) is 85.2 Å². The number of carbonyl (C=O) groups excluding carboxylic acids is 2. The van der Waals surface area contributed by atoms with E-state index in [1.807, 2.05) is 0 Å². The molecule has 3 aromatic rings. The quantitative estimate of drug-likeness (QED) is 0.0753. The first kappa shape index (κ1) is 33.5. The fourth-order valence-corrected chi connectivity index (χ4v) is 7.02. The molecule has 7 rings (SSSR count). The Kier molecular flexibility index (Phi) is 9.83. The van der Waals surface area contributed by atoms with Crippen LogP contribution in [0.25, 0.3) is 0 Å². The minimum absolute atomic E-state index is 0.0120. The second-order valence-corrected chi connectivity index (χ2v) is 12.4. The first-order valence-electron chi connectivity index (χ1n) is 16.1. The van der Waals surface area contributed by atoms with Gasteiger partial charge in [-0.25, -0.2) is 14.9 Å². The third kappa shape index (κ3) is 6.94. The van der Waals surface area contributed by atoms with Gasteiger partial charge in [0.05, 0.1) is 12.2 Å². The van der Waals surface area contributed by atoms with Gasteiger partial charge in [-0.2, -0.15) is 0 Å². The van der Waals surface area contributed by atoms with Crippen molar-refractivity contribution in [3.05, 3.63) is 76.9 Å². The van der Waals surface area contributed by atoms with E-state index in [1.165, 1.54) is 31.5 Å². The standard InChI is InChI=1S/C34H31N3O7S.C2H3BN/c38-20-8-11-27-29(16-20)43-30-17-21(39)9-12-28(30)34(27)26-10-7-19(15-24(26)31(40)44-34)37-32(45)35-13-14-36-33(41)42-18-25-22-5-3-1-2-4-6-23(22)25;1-3-2-4/h7-12,15-17,22-23,25,38-39H,3-6,13-14,18H2,(H,36,41)(H2,35,37,45);1H3/t22-,23+,25?;. The molecule has 3 aromatic carbocycles. The molecule has 13 heteroatoms. The first-order chi connectivity index (χ1) is 23.7. The highest BCUT2D eigenvalue weighted by atomic mass is 32.1. The molecule has 1 fully saturated rings. The maximum absolute atomic E-state index is 13.3. The summed E-state index contributed by atoms with van der Waals surface area (Å²) in [5.74, 6) is 9.92. The van der Waals surface area contributed by atoms with Crippen LogP contribution in [0.1, 0.15) is 52.7 Å². The summed E-state index contributed by atoms with van der Waals surface area (Å²) in [6.07, 6.45) is 3.58. The third-order valence-corrected chi connectivity index (χ3v) is 9.33.